The van der Waals surface area contributed by atoms with Crippen molar-refractivity contribution in [3.63, 3.8) is 0 Å². The molecule has 0 aromatic heterocycles. The van der Waals surface area contributed by atoms with E-state index in [0.717, 1.165) is 18.4 Å². The molecule has 1 unspecified atom stereocenters. The van der Waals surface area contributed by atoms with Gasteiger partial charge >= 0.3 is 0 Å². The van der Waals surface area contributed by atoms with Crippen molar-refractivity contribution in [2.24, 2.45) is 9.98 Å². The molecule has 0 saturated heterocycles. The third-order valence-corrected chi connectivity index (χ3v) is 2.53. The molecule has 17 heavy (non-hydrogen) atoms. The Kier molecular flexibility index (Phi) is 5.59. The Labute approximate surface area is 100 Å². The van der Waals surface area contributed by atoms with Crippen molar-refractivity contribution in [1.29, 1.82) is 0 Å². The molecule has 0 bridgehead atoms. The number of carbonyl (C=O) groups excluding carboxylic acids is 2. The summed E-state index contributed by atoms with van der Waals surface area (Å²) in [4.78, 5) is 27.6. The summed E-state index contributed by atoms with van der Waals surface area (Å²) in [6, 6.07) is 7.34. The lowest BCUT2D eigenvalue weighted by molar-refractivity contribution is 0.557. The lowest BCUT2D eigenvalue weighted by atomic mass is 9.94. The van der Waals surface area contributed by atoms with Gasteiger partial charge in [0.05, 0.1) is 12.2 Å². The van der Waals surface area contributed by atoms with Crippen LogP contribution in [0, 0.1) is 0 Å². The van der Waals surface area contributed by atoms with Gasteiger partial charge in [-0.1, -0.05) is 25.5 Å². The van der Waals surface area contributed by atoms with E-state index in [1.165, 1.54) is 6.08 Å². The molecule has 0 aliphatic rings. The number of hydrogen-bond donors (Lipinski definition) is 0. The molecule has 4 nitrogen and oxygen atoms in total. The maximum atomic E-state index is 10.2. The molecule has 0 radical (unpaired) electrons. The van der Waals surface area contributed by atoms with Gasteiger partial charge in [0, 0.05) is 5.92 Å². The number of aliphatic imine (C=N–C) groups is 2. The number of rotatable bonds is 6. The predicted molar refractivity (Wildman–Crippen MR) is 64.9 cm³/mol. The Morgan fingerprint density at radius 3 is 2.76 bits per heavy atom. The summed E-state index contributed by atoms with van der Waals surface area (Å²) in [6.07, 6.45) is 5.00. The summed E-state index contributed by atoms with van der Waals surface area (Å²) in [5.41, 5.74) is 1.61. The molecular formula is C13H14N2O2. The summed E-state index contributed by atoms with van der Waals surface area (Å²) >= 11 is 0. The van der Waals surface area contributed by atoms with Crippen LogP contribution in [0.3, 0.4) is 0 Å². The SMILES string of the molecule is CCCC(CN=C=O)c1cccc(N=C=O)c1. The first-order chi connectivity index (χ1) is 8.31. The Morgan fingerprint density at radius 1 is 1.29 bits per heavy atom. The Balaban J connectivity index is 2.95. The minimum absolute atomic E-state index is 0.170. The van der Waals surface area contributed by atoms with Gasteiger partial charge < -0.3 is 0 Å². The van der Waals surface area contributed by atoms with Crippen LogP contribution < -0.4 is 0 Å². The molecule has 0 heterocycles. The second kappa shape index (κ2) is 7.29. The first-order valence-electron chi connectivity index (χ1n) is 5.53. The summed E-state index contributed by atoms with van der Waals surface area (Å²) in [5.74, 6) is 0.170. The zero-order valence-corrected chi connectivity index (χ0v) is 9.72. The molecule has 0 fully saturated rings. The van der Waals surface area contributed by atoms with Crippen LogP contribution in [0.1, 0.15) is 31.2 Å². The highest BCUT2D eigenvalue weighted by molar-refractivity contribution is 5.50. The predicted octanol–water partition coefficient (Wildman–Crippen LogP) is 2.87. The zero-order valence-electron chi connectivity index (χ0n) is 9.72. The number of hydrogen-bond acceptors (Lipinski definition) is 4. The van der Waals surface area contributed by atoms with Crippen LogP contribution in [0.2, 0.25) is 0 Å². The van der Waals surface area contributed by atoms with E-state index in [2.05, 4.69) is 16.9 Å². The van der Waals surface area contributed by atoms with Crippen LogP contribution in [0.25, 0.3) is 0 Å². The van der Waals surface area contributed by atoms with Crippen molar-refractivity contribution in [2.75, 3.05) is 6.54 Å². The lowest BCUT2D eigenvalue weighted by Gasteiger charge is -2.13. The normalized spacial score (nSPS) is 11.1. The maximum absolute atomic E-state index is 10.2. The average molecular weight is 230 g/mol. The maximum Gasteiger partial charge on any atom is 0.240 e. The van der Waals surface area contributed by atoms with E-state index in [0.29, 0.717) is 12.2 Å². The molecule has 4 heteroatoms. The molecule has 0 aliphatic carbocycles. The van der Waals surface area contributed by atoms with Gasteiger partial charge in [0.1, 0.15) is 0 Å². The Bertz CT molecular complexity index is 458. The first kappa shape index (κ1) is 13.0. The zero-order chi connectivity index (χ0) is 12.5. The van der Waals surface area contributed by atoms with Crippen LogP contribution in [-0.4, -0.2) is 18.7 Å². The smallest absolute Gasteiger partial charge is 0.211 e. The van der Waals surface area contributed by atoms with Crippen LogP contribution >= 0.6 is 0 Å². The van der Waals surface area contributed by atoms with Gasteiger partial charge in [0.25, 0.3) is 0 Å². The average Bonchev–Trinajstić information content (AvgIpc) is 2.35. The van der Waals surface area contributed by atoms with Gasteiger partial charge in [-0.05, 0) is 24.1 Å². The summed E-state index contributed by atoms with van der Waals surface area (Å²) < 4.78 is 0. The molecule has 0 aliphatic heterocycles. The first-order valence-corrected chi connectivity index (χ1v) is 5.53. The quantitative estimate of drug-likeness (QED) is 0.557. The molecule has 0 N–H and O–H groups in total. The van der Waals surface area contributed by atoms with Gasteiger partial charge in [-0.2, -0.15) is 4.99 Å². The Morgan fingerprint density at radius 2 is 2.12 bits per heavy atom. The van der Waals surface area contributed by atoms with E-state index in [1.54, 1.807) is 12.1 Å². The third-order valence-electron chi connectivity index (χ3n) is 2.53. The standard InChI is InChI=1S/C13H14N2O2/c1-2-4-12(8-14-9-16)11-5-3-6-13(7-11)15-10-17/h3,5-7,12H,2,4,8H2,1H3. The van der Waals surface area contributed by atoms with Crippen molar-refractivity contribution >= 4 is 17.8 Å². The summed E-state index contributed by atoms with van der Waals surface area (Å²) in [5, 5.41) is 0. The third kappa shape index (κ3) is 4.15. The van der Waals surface area contributed by atoms with Gasteiger partial charge in [0.15, 0.2) is 0 Å². The second-order valence-corrected chi connectivity index (χ2v) is 3.72. The summed E-state index contributed by atoms with van der Waals surface area (Å²) in [6.45, 7) is 2.50. The molecule has 88 valence electrons. The Hall–Kier alpha value is -2.02. The number of isocyanates is 2. The minimum atomic E-state index is 0.170. The minimum Gasteiger partial charge on any atom is -0.211 e. The number of benzene rings is 1. The van der Waals surface area contributed by atoms with Gasteiger partial charge in [0.2, 0.25) is 12.2 Å². The van der Waals surface area contributed by atoms with Gasteiger partial charge in [-0.25, -0.2) is 14.6 Å². The fraction of sp³-hybridized carbons (Fsp3) is 0.385. The second-order valence-electron chi connectivity index (χ2n) is 3.72. The van der Waals surface area contributed by atoms with Crippen LogP contribution in [0.5, 0.6) is 0 Å². The van der Waals surface area contributed by atoms with E-state index in [1.807, 2.05) is 18.2 Å². The highest BCUT2D eigenvalue weighted by atomic mass is 16.1. The van der Waals surface area contributed by atoms with Crippen molar-refractivity contribution in [1.82, 2.24) is 0 Å². The van der Waals surface area contributed by atoms with Gasteiger partial charge in [-0.3, -0.25) is 0 Å². The van der Waals surface area contributed by atoms with Crippen molar-refractivity contribution in [3.05, 3.63) is 29.8 Å². The van der Waals surface area contributed by atoms with E-state index >= 15 is 0 Å². The molecule has 0 spiro atoms. The highest BCUT2D eigenvalue weighted by Crippen LogP contribution is 2.25. The molecular weight excluding hydrogens is 216 g/mol. The molecule has 1 atom stereocenters. The summed E-state index contributed by atoms with van der Waals surface area (Å²) in [7, 11) is 0. The monoisotopic (exact) mass is 230 g/mol. The topological polar surface area (TPSA) is 58.9 Å². The fourth-order valence-electron chi connectivity index (χ4n) is 1.76. The van der Waals surface area contributed by atoms with Crippen LogP contribution in [-0.2, 0) is 9.59 Å². The highest BCUT2D eigenvalue weighted by Gasteiger charge is 2.10. The van der Waals surface area contributed by atoms with E-state index < -0.39 is 0 Å². The van der Waals surface area contributed by atoms with Crippen LogP contribution in [0.4, 0.5) is 5.69 Å². The van der Waals surface area contributed by atoms with E-state index in [4.69, 9.17) is 0 Å². The van der Waals surface area contributed by atoms with Crippen molar-refractivity contribution in [3.8, 4) is 0 Å². The van der Waals surface area contributed by atoms with E-state index in [-0.39, 0.29) is 5.92 Å². The van der Waals surface area contributed by atoms with Crippen molar-refractivity contribution < 1.29 is 9.59 Å². The number of nitrogens with zero attached hydrogens (tertiary/aromatic N) is 2. The van der Waals surface area contributed by atoms with Crippen LogP contribution in [0.15, 0.2) is 34.3 Å². The van der Waals surface area contributed by atoms with Gasteiger partial charge in [-0.15, -0.1) is 0 Å². The molecule has 1 aromatic rings. The van der Waals surface area contributed by atoms with E-state index in [9.17, 15) is 9.59 Å². The van der Waals surface area contributed by atoms with Crippen molar-refractivity contribution in [2.45, 2.75) is 25.7 Å². The largest absolute Gasteiger partial charge is 0.240 e. The molecule has 1 rings (SSSR count). The fourth-order valence-corrected chi connectivity index (χ4v) is 1.76. The molecule has 0 amide bonds. The molecule has 0 saturated carbocycles. The lowest BCUT2D eigenvalue weighted by Crippen LogP contribution is -2.02. The molecule has 1 aromatic carbocycles.